The first kappa shape index (κ1) is 21.0. The average Bonchev–Trinajstić information content (AvgIpc) is 3.12. The number of H-pyrrole nitrogens is 1. The monoisotopic (exact) mass is 428 g/mol. The SMILES string of the molecule is CSc1nc(-c2cc(C(C)(C)C)cc(C#Cc3ccccc3)c2C)nc2cc(=O)[nH]n12. The molecule has 156 valence electrons. The topological polar surface area (TPSA) is 63.0 Å². The summed E-state index contributed by atoms with van der Waals surface area (Å²) >= 11 is 1.46. The number of hydrogen-bond acceptors (Lipinski definition) is 4. The lowest BCUT2D eigenvalue weighted by Crippen LogP contribution is -2.13. The van der Waals surface area contributed by atoms with Gasteiger partial charge in [-0.15, -0.1) is 0 Å². The van der Waals surface area contributed by atoms with E-state index in [0.717, 1.165) is 27.8 Å². The number of fused-ring (bicyclic) bond motifs is 1. The normalized spacial score (nSPS) is 11.4. The Labute approximate surface area is 185 Å². The van der Waals surface area contributed by atoms with Gasteiger partial charge in [0.15, 0.2) is 16.6 Å². The fourth-order valence-corrected chi connectivity index (χ4v) is 3.81. The zero-order valence-electron chi connectivity index (χ0n) is 18.3. The van der Waals surface area contributed by atoms with Crippen LogP contribution in [0.1, 0.15) is 43.0 Å². The van der Waals surface area contributed by atoms with Crippen molar-refractivity contribution < 1.29 is 0 Å². The lowest BCUT2D eigenvalue weighted by Gasteiger charge is -2.22. The molecule has 0 aliphatic carbocycles. The number of thioether (sulfide) groups is 1. The number of benzene rings is 2. The Morgan fingerprint density at radius 2 is 1.77 bits per heavy atom. The zero-order valence-corrected chi connectivity index (χ0v) is 19.1. The first-order chi connectivity index (χ1) is 14.8. The smallest absolute Gasteiger partial charge is 0.266 e. The van der Waals surface area contributed by atoms with Crippen molar-refractivity contribution in [2.24, 2.45) is 0 Å². The first-order valence-corrected chi connectivity index (χ1v) is 11.2. The number of aromatic amines is 1. The molecule has 4 aromatic rings. The van der Waals surface area contributed by atoms with Crippen molar-refractivity contribution in [1.82, 2.24) is 19.6 Å². The van der Waals surface area contributed by atoms with Crippen molar-refractivity contribution in [1.29, 1.82) is 0 Å². The lowest BCUT2D eigenvalue weighted by atomic mass is 9.83. The fourth-order valence-electron chi connectivity index (χ4n) is 3.31. The second-order valence-corrected chi connectivity index (χ2v) is 9.18. The van der Waals surface area contributed by atoms with Crippen molar-refractivity contribution in [3.63, 3.8) is 0 Å². The lowest BCUT2D eigenvalue weighted by molar-refractivity contribution is 0.590. The van der Waals surface area contributed by atoms with Crippen LogP contribution in [-0.2, 0) is 5.41 Å². The Morgan fingerprint density at radius 1 is 1.03 bits per heavy atom. The number of nitrogens with one attached hydrogen (secondary N) is 1. The number of nitrogens with zero attached hydrogens (tertiary/aromatic N) is 3. The fraction of sp³-hybridized carbons (Fsp3) is 0.240. The minimum Gasteiger partial charge on any atom is -0.268 e. The van der Waals surface area contributed by atoms with E-state index >= 15 is 0 Å². The summed E-state index contributed by atoms with van der Waals surface area (Å²) in [6.07, 6.45) is 1.93. The van der Waals surface area contributed by atoms with Gasteiger partial charge in [-0.3, -0.25) is 9.89 Å². The third kappa shape index (κ3) is 4.28. The third-order valence-electron chi connectivity index (χ3n) is 5.14. The van der Waals surface area contributed by atoms with Crippen LogP contribution in [0, 0.1) is 18.8 Å². The maximum atomic E-state index is 11.9. The van der Waals surface area contributed by atoms with Crippen molar-refractivity contribution in [3.8, 4) is 23.2 Å². The van der Waals surface area contributed by atoms with Crippen LogP contribution < -0.4 is 5.56 Å². The Hall–Kier alpha value is -3.30. The molecule has 0 saturated carbocycles. The maximum Gasteiger partial charge on any atom is 0.266 e. The maximum absolute atomic E-state index is 11.9. The molecule has 6 heteroatoms. The van der Waals surface area contributed by atoms with Gasteiger partial charge in [0.1, 0.15) is 0 Å². The van der Waals surface area contributed by atoms with Gasteiger partial charge in [0.25, 0.3) is 5.56 Å². The van der Waals surface area contributed by atoms with Gasteiger partial charge in [0, 0.05) is 22.8 Å². The molecule has 0 aliphatic rings. The van der Waals surface area contributed by atoms with Gasteiger partial charge in [-0.2, -0.15) is 0 Å². The summed E-state index contributed by atoms with van der Waals surface area (Å²) in [5.41, 5.74) is 5.31. The highest BCUT2D eigenvalue weighted by Gasteiger charge is 2.20. The molecule has 0 aliphatic heterocycles. The molecule has 2 heterocycles. The molecule has 0 bridgehead atoms. The van der Waals surface area contributed by atoms with Crippen LogP contribution in [0.4, 0.5) is 0 Å². The molecular formula is C25H24N4OS. The molecule has 0 spiro atoms. The molecule has 0 radical (unpaired) electrons. The van der Waals surface area contributed by atoms with Gasteiger partial charge in [-0.1, -0.05) is 62.6 Å². The van der Waals surface area contributed by atoms with E-state index in [2.05, 4.69) is 54.8 Å². The molecule has 0 saturated heterocycles. The van der Waals surface area contributed by atoms with Crippen LogP contribution >= 0.6 is 11.8 Å². The van der Waals surface area contributed by atoms with Crippen LogP contribution in [0.25, 0.3) is 17.0 Å². The summed E-state index contributed by atoms with van der Waals surface area (Å²) in [6, 6.07) is 15.7. The Bertz CT molecular complexity index is 1380. The minimum absolute atomic E-state index is 0.0664. The second kappa shape index (κ2) is 8.09. The van der Waals surface area contributed by atoms with E-state index in [1.54, 1.807) is 4.52 Å². The molecule has 1 N–H and O–H groups in total. The summed E-state index contributed by atoms with van der Waals surface area (Å²) in [5, 5.41) is 3.43. The van der Waals surface area contributed by atoms with E-state index in [-0.39, 0.29) is 11.0 Å². The molecule has 5 nitrogen and oxygen atoms in total. The van der Waals surface area contributed by atoms with Crippen LogP contribution in [0.3, 0.4) is 0 Å². The molecule has 2 aromatic carbocycles. The quantitative estimate of drug-likeness (QED) is 0.368. The van der Waals surface area contributed by atoms with E-state index in [4.69, 9.17) is 4.98 Å². The van der Waals surface area contributed by atoms with Crippen molar-refractivity contribution in [3.05, 3.63) is 81.1 Å². The van der Waals surface area contributed by atoms with Crippen LogP contribution in [0.5, 0.6) is 0 Å². The largest absolute Gasteiger partial charge is 0.268 e. The Balaban J connectivity index is 1.95. The highest BCUT2D eigenvalue weighted by molar-refractivity contribution is 7.98. The molecule has 31 heavy (non-hydrogen) atoms. The number of aromatic nitrogens is 4. The summed E-state index contributed by atoms with van der Waals surface area (Å²) in [4.78, 5) is 21.3. The van der Waals surface area contributed by atoms with Crippen LogP contribution in [-0.4, -0.2) is 25.8 Å². The van der Waals surface area contributed by atoms with Gasteiger partial charge in [0.05, 0.1) is 0 Å². The molecule has 0 unspecified atom stereocenters. The average molecular weight is 429 g/mol. The minimum atomic E-state index is -0.198. The molecular weight excluding hydrogens is 404 g/mol. The van der Waals surface area contributed by atoms with E-state index in [0.29, 0.717) is 16.6 Å². The van der Waals surface area contributed by atoms with Crippen molar-refractivity contribution >= 4 is 17.4 Å². The summed E-state index contributed by atoms with van der Waals surface area (Å²) in [5.74, 6) is 7.21. The molecule has 0 atom stereocenters. The zero-order chi connectivity index (χ0) is 22.2. The first-order valence-electron chi connectivity index (χ1n) is 10.0. The predicted molar refractivity (Wildman–Crippen MR) is 127 cm³/mol. The molecule has 0 amide bonds. The molecule has 0 fully saturated rings. The highest BCUT2D eigenvalue weighted by atomic mass is 32.2. The summed E-state index contributed by atoms with van der Waals surface area (Å²) in [7, 11) is 0. The van der Waals surface area contributed by atoms with Crippen molar-refractivity contribution in [2.75, 3.05) is 6.26 Å². The van der Waals surface area contributed by atoms with Gasteiger partial charge in [-0.25, -0.2) is 14.5 Å². The van der Waals surface area contributed by atoms with E-state index in [1.807, 2.05) is 43.5 Å². The standard InChI is InChI=1S/C25H24N4OS/c1-16-18(12-11-17-9-7-6-8-10-17)13-19(25(2,3)4)14-20(16)23-26-21-15-22(30)28-29(21)24(27-23)31-5/h6-10,13-15H,1-5H3,(H,28,30). The third-order valence-corrected chi connectivity index (χ3v) is 5.78. The Morgan fingerprint density at radius 3 is 2.45 bits per heavy atom. The van der Waals surface area contributed by atoms with E-state index in [9.17, 15) is 4.79 Å². The molecule has 4 rings (SSSR count). The van der Waals surface area contributed by atoms with Gasteiger partial charge in [0.2, 0.25) is 0 Å². The van der Waals surface area contributed by atoms with Gasteiger partial charge in [-0.05, 0) is 54.0 Å². The van der Waals surface area contributed by atoms with Gasteiger partial charge < -0.3 is 0 Å². The highest BCUT2D eigenvalue weighted by Crippen LogP contribution is 2.32. The molecule has 2 aromatic heterocycles. The second-order valence-electron chi connectivity index (χ2n) is 8.41. The van der Waals surface area contributed by atoms with E-state index < -0.39 is 0 Å². The van der Waals surface area contributed by atoms with Crippen molar-refractivity contribution in [2.45, 2.75) is 38.3 Å². The van der Waals surface area contributed by atoms with Crippen LogP contribution in [0.2, 0.25) is 0 Å². The van der Waals surface area contributed by atoms with Crippen LogP contribution in [0.15, 0.2) is 58.5 Å². The summed E-state index contributed by atoms with van der Waals surface area (Å²) < 4.78 is 1.62. The summed E-state index contributed by atoms with van der Waals surface area (Å²) in [6.45, 7) is 8.59. The Kier molecular flexibility index (Phi) is 5.47. The predicted octanol–water partition coefficient (Wildman–Crippen LogP) is 4.81. The van der Waals surface area contributed by atoms with Gasteiger partial charge >= 0.3 is 0 Å². The number of hydrogen-bond donors (Lipinski definition) is 1. The number of rotatable bonds is 2. The van der Waals surface area contributed by atoms with E-state index in [1.165, 1.54) is 17.8 Å².